The van der Waals surface area contributed by atoms with Crippen molar-refractivity contribution in [2.45, 2.75) is 50.0 Å². The van der Waals surface area contributed by atoms with E-state index in [9.17, 15) is 13.2 Å². The Balaban J connectivity index is 1.43. The highest BCUT2D eigenvalue weighted by atomic mass is 35.5. The van der Waals surface area contributed by atoms with Gasteiger partial charge in [0.05, 0.1) is 17.6 Å². The van der Waals surface area contributed by atoms with Crippen LogP contribution in [-0.2, 0) is 16.4 Å². The Morgan fingerprint density at radius 1 is 1.07 bits per heavy atom. The number of allylic oxidation sites excluding steroid dienone is 1. The van der Waals surface area contributed by atoms with Gasteiger partial charge in [0.25, 0.3) is 5.56 Å². The van der Waals surface area contributed by atoms with Crippen molar-refractivity contribution >= 4 is 27.5 Å². The molecule has 6 rings (SSSR count). The number of nitrogens with zero attached hydrogens (tertiary/aromatic N) is 4. The maximum absolute atomic E-state index is 16.1. The van der Waals surface area contributed by atoms with Crippen molar-refractivity contribution in [2.75, 3.05) is 6.26 Å². The molecule has 1 saturated carbocycles. The van der Waals surface area contributed by atoms with Gasteiger partial charge >= 0.3 is 0 Å². The molecule has 0 saturated heterocycles. The molecule has 0 N–H and O–H groups in total. The van der Waals surface area contributed by atoms with Crippen molar-refractivity contribution in [1.82, 2.24) is 19.3 Å². The summed E-state index contributed by atoms with van der Waals surface area (Å²) in [6.45, 7) is 4.10. The molecular weight excluding hydrogens is 558 g/mol. The zero-order valence-electron chi connectivity index (χ0n) is 22.0. The van der Waals surface area contributed by atoms with Crippen molar-refractivity contribution in [3.05, 3.63) is 97.8 Å². The highest BCUT2D eigenvalue weighted by molar-refractivity contribution is 7.90. The first kappa shape index (κ1) is 26.6. The second kappa shape index (κ2) is 9.49. The van der Waals surface area contributed by atoms with E-state index in [2.05, 4.69) is 22.2 Å². The van der Waals surface area contributed by atoms with E-state index in [0.717, 1.165) is 43.0 Å². The quantitative estimate of drug-likeness (QED) is 0.300. The van der Waals surface area contributed by atoms with Crippen LogP contribution in [0.4, 0.5) is 8.78 Å². The van der Waals surface area contributed by atoms with E-state index in [1.165, 1.54) is 22.9 Å². The second-order valence-electron chi connectivity index (χ2n) is 10.4. The molecule has 2 atom stereocenters. The van der Waals surface area contributed by atoms with Crippen LogP contribution in [0.3, 0.4) is 0 Å². The summed E-state index contributed by atoms with van der Waals surface area (Å²) in [6, 6.07) is 5.47. The van der Waals surface area contributed by atoms with Gasteiger partial charge in [0.15, 0.2) is 21.5 Å². The molecule has 1 aliphatic heterocycles. The summed E-state index contributed by atoms with van der Waals surface area (Å²) in [5.41, 5.74) is 2.24. The molecule has 40 heavy (non-hydrogen) atoms. The third-order valence-corrected chi connectivity index (χ3v) is 9.16. The van der Waals surface area contributed by atoms with Crippen LogP contribution in [0.2, 0.25) is 5.02 Å². The molecule has 4 heterocycles. The second-order valence-corrected chi connectivity index (χ2v) is 12.7. The zero-order chi connectivity index (χ0) is 28.5. The molecule has 206 valence electrons. The van der Waals surface area contributed by atoms with Gasteiger partial charge in [-0.05, 0) is 73.9 Å². The molecule has 1 aromatic carbocycles. The maximum atomic E-state index is 16.1. The van der Waals surface area contributed by atoms with Gasteiger partial charge in [-0.15, -0.1) is 0 Å². The number of rotatable bonds is 5. The zero-order valence-corrected chi connectivity index (χ0v) is 23.5. The Kier molecular flexibility index (Phi) is 6.30. The molecule has 3 aromatic heterocycles. The Labute approximate surface area is 234 Å². The molecule has 1 aliphatic carbocycles. The van der Waals surface area contributed by atoms with Gasteiger partial charge in [-0.25, -0.2) is 17.2 Å². The Hall–Kier alpha value is -3.63. The van der Waals surface area contributed by atoms with E-state index in [-0.39, 0.29) is 28.1 Å². The van der Waals surface area contributed by atoms with Crippen LogP contribution >= 0.6 is 11.6 Å². The summed E-state index contributed by atoms with van der Waals surface area (Å²) < 4.78 is 58.5. The number of aryl methyl sites for hydroxylation is 3. The third kappa shape index (κ3) is 4.21. The lowest BCUT2D eigenvalue weighted by Gasteiger charge is -2.18. The predicted octanol–water partition coefficient (Wildman–Crippen LogP) is 5.74. The Morgan fingerprint density at radius 2 is 1.82 bits per heavy atom. The number of pyridine rings is 2. The largest absolute Gasteiger partial charge is 0.277 e. The lowest BCUT2D eigenvalue weighted by molar-refractivity contribution is 0.569. The standard InChI is InChI=1S/C29H25ClF2N4O3S/c1-15-13-33-27(17-7-6-9-23(25(17)31)40(3,38)39)26(32)28(15)36-16(2)11-20(24(30)29(36)37)18-12-19(18)21-14-34-35-10-5-4-8-22(21)35/h4,6-9,11,13-14,18-19H,5,10,12H2,1-3H3/t18-,19?/m1/s1. The molecular formula is C29H25ClF2N4O3S. The maximum Gasteiger partial charge on any atom is 0.274 e. The molecule has 1 unspecified atom stereocenters. The smallest absolute Gasteiger partial charge is 0.274 e. The summed E-state index contributed by atoms with van der Waals surface area (Å²) in [4.78, 5) is 17.1. The summed E-state index contributed by atoms with van der Waals surface area (Å²) in [7, 11) is -3.91. The molecule has 0 spiro atoms. The molecule has 4 aromatic rings. The van der Waals surface area contributed by atoms with E-state index >= 15 is 8.78 Å². The van der Waals surface area contributed by atoms with E-state index in [4.69, 9.17) is 11.6 Å². The first-order valence-electron chi connectivity index (χ1n) is 12.8. The minimum atomic E-state index is -3.91. The van der Waals surface area contributed by atoms with E-state index in [1.54, 1.807) is 19.9 Å². The van der Waals surface area contributed by atoms with Gasteiger partial charge in [0.1, 0.15) is 15.6 Å². The number of hydrogen-bond donors (Lipinski definition) is 0. The number of hydrogen-bond acceptors (Lipinski definition) is 5. The van der Waals surface area contributed by atoms with Gasteiger partial charge in [0.2, 0.25) is 0 Å². The van der Waals surface area contributed by atoms with Crippen molar-refractivity contribution in [3.8, 4) is 16.9 Å². The number of aromatic nitrogens is 4. The average molecular weight is 583 g/mol. The molecule has 0 radical (unpaired) electrons. The van der Waals surface area contributed by atoms with Gasteiger partial charge < -0.3 is 0 Å². The third-order valence-electron chi connectivity index (χ3n) is 7.66. The molecule has 0 bridgehead atoms. The first-order valence-corrected chi connectivity index (χ1v) is 15.0. The van der Waals surface area contributed by atoms with E-state index < -0.39 is 37.6 Å². The molecule has 11 heteroatoms. The van der Waals surface area contributed by atoms with Crippen LogP contribution in [0.5, 0.6) is 0 Å². The molecule has 7 nitrogen and oxygen atoms in total. The summed E-state index contributed by atoms with van der Waals surface area (Å²) in [5.74, 6) is -1.86. The fraction of sp³-hybridized carbons (Fsp3) is 0.276. The Bertz CT molecular complexity index is 1910. The number of fused-ring (bicyclic) bond motifs is 1. The normalized spacial score (nSPS) is 18.1. The monoisotopic (exact) mass is 582 g/mol. The van der Waals surface area contributed by atoms with Gasteiger partial charge in [-0.1, -0.05) is 23.7 Å². The highest BCUT2D eigenvalue weighted by Gasteiger charge is 2.43. The lowest BCUT2D eigenvalue weighted by atomic mass is 10.0. The predicted molar refractivity (Wildman–Crippen MR) is 149 cm³/mol. The first-order chi connectivity index (χ1) is 19.0. The van der Waals surface area contributed by atoms with Crippen LogP contribution in [-0.4, -0.2) is 34.0 Å². The number of sulfone groups is 1. The van der Waals surface area contributed by atoms with Gasteiger partial charge in [-0.2, -0.15) is 5.10 Å². The lowest BCUT2D eigenvalue weighted by Crippen LogP contribution is -2.24. The minimum absolute atomic E-state index is 0.00269. The molecule has 0 amide bonds. The molecule has 2 aliphatic rings. The highest BCUT2D eigenvalue weighted by Crippen LogP contribution is 2.57. The van der Waals surface area contributed by atoms with Crippen LogP contribution in [0.15, 0.2) is 52.4 Å². The van der Waals surface area contributed by atoms with Gasteiger partial charge in [-0.3, -0.25) is 19.0 Å². The topological polar surface area (TPSA) is 86.8 Å². The van der Waals surface area contributed by atoms with Crippen LogP contribution in [0, 0.1) is 25.5 Å². The summed E-state index contributed by atoms with van der Waals surface area (Å²) >= 11 is 6.65. The van der Waals surface area contributed by atoms with Crippen molar-refractivity contribution in [1.29, 1.82) is 0 Å². The fourth-order valence-electron chi connectivity index (χ4n) is 5.62. The fourth-order valence-corrected chi connectivity index (χ4v) is 6.66. The minimum Gasteiger partial charge on any atom is -0.277 e. The van der Waals surface area contributed by atoms with Crippen LogP contribution in [0.25, 0.3) is 23.0 Å². The van der Waals surface area contributed by atoms with Crippen molar-refractivity contribution in [2.24, 2.45) is 0 Å². The summed E-state index contributed by atoms with van der Waals surface area (Å²) in [5, 5.41) is 4.49. The van der Waals surface area contributed by atoms with Crippen molar-refractivity contribution in [3.63, 3.8) is 0 Å². The summed E-state index contributed by atoms with van der Waals surface area (Å²) in [6.07, 6.45) is 10.0. The number of halogens is 3. The Morgan fingerprint density at radius 3 is 2.58 bits per heavy atom. The van der Waals surface area contributed by atoms with Crippen molar-refractivity contribution < 1.29 is 17.2 Å². The SMILES string of the molecule is Cc1cnc(-c2cccc(S(C)(=O)=O)c2F)c(F)c1-n1c(C)cc([C@@H]2CC2c2cnn3c2C=CCC3)c(Cl)c1=O. The van der Waals surface area contributed by atoms with E-state index in [1.807, 2.05) is 10.9 Å². The molecule has 1 fully saturated rings. The number of benzene rings is 1. The van der Waals surface area contributed by atoms with Crippen LogP contribution < -0.4 is 5.56 Å². The van der Waals surface area contributed by atoms with E-state index in [0.29, 0.717) is 16.8 Å². The average Bonchev–Trinajstić information content (AvgIpc) is 3.57. The van der Waals surface area contributed by atoms with Gasteiger partial charge in [0, 0.05) is 35.8 Å². The van der Waals surface area contributed by atoms with Crippen LogP contribution in [0.1, 0.15) is 52.8 Å².